The average molecular weight is 417 g/mol. The second-order valence-corrected chi connectivity index (χ2v) is 9.22. The van der Waals surface area contributed by atoms with E-state index < -0.39 is 28.0 Å². The van der Waals surface area contributed by atoms with E-state index in [1.165, 1.54) is 28.6 Å². The average Bonchev–Trinajstić information content (AvgIpc) is 2.65. The Hall–Kier alpha value is -1.64. The van der Waals surface area contributed by atoms with E-state index >= 15 is 0 Å². The first-order chi connectivity index (χ1) is 12.7. The van der Waals surface area contributed by atoms with Crippen LogP contribution in [-0.2, 0) is 19.6 Å². The summed E-state index contributed by atoms with van der Waals surface area (Å²) in [5.41, 5.74) is 0. The predicted octanol–water partition coefficient (Wildman–Crippen LogP) is 2.36. The van der Waals surface area contributed by atoms with Gasteiger partial charge in [-0.05, 0) is 43.0 Å². The van der Waals surface area contributed by atoms with Crippen LogP contribution in [0.4, 0.5) is 0 Å². The van der Waals surface area contributed by atoms with E-state index in [1.807, 2.05) is 6.92 Å². The zero-order valence-electron chi connectivity index (χ0n) is 15.4. The lowest BCUT2D eigenvalue weighted by molar-refractivity contribution is -0.144. The highest BCUT2D eigenvalue weighted by atomic mass is 35.5. The summed E-state index contributed by atoms with van der Waals surface area (Å²) < 4.78 is 26.7. The molecule has 1 aliphatic heterocycles. The second kappa shape index (κ2) is 9.03. The molecule has 0 bridgehead atoms. The maximum atomic E-state index is 12.7. The Balaban J connectivity index is 1.99. The van der Waals surface area contributed by atoms with Crippen LogP contribution in [0.15, 0.2) is 29.2 Å². The fourth-order valence-corrected chi connectivity index (χ4v) is 4.66. The van der Waals surface area contributed by atoms with E-state index in [4.69, 9.17) is 11.6 Å². The van der Waals surface area contributed by atoms with Gasteiger partial charge >= 0.3 is 5.97 Å². The van der Waals surface area contributed by atoms with Crippen molar-refractivity contribution in [2.45, 2.75) is 44.0 Å². The lowest BCUT2D eigenvalue weighted by atomic mass is 9.94. The molecule has 1 aromatic rings. The number of hydrogen-bond donors (Lipinski definition) is 2. The van der Waals surface area contributed by atoms with Crippen LogP contribution in [0.25, 0.3) is 0 Å². The van der Waals surface area contributed by atoms with Crippen LogP contribution in [-0.4, -0.2) is 48.8 Å². The Morgan fingerprint density at radius 1 is 1.26 bits per heavy atom. The molecule has 0 aromatic heterocycles. The number of hydrogen-bond acceptors (Lipinski definition) is 4. The standard InChI is InChI=1S/C18H25ClN2O5S/c1-3-12(2)16(18(23)24)20-17(22)13-8-10-21(11-9-13)27(25,26)15-6-4-14(19)5-7-15/h4-7,12-13,16H,3,8-11H2,1-2H3,(H,20,22)(H,23,24)/t12-,16-/m0/s1. The van der Waals surface area contributed by atoms with Gasteiger partial charge in [-0.2, -0.15) is 4.31 Å². The number of benzene rings is 1. The number of nitrogens with one attached hydrogen (secondary N) is 1. The van der Waals surface area contributed by atoms with E-state index in [2.05, 4.69) is 5.32 Å². The number of carboxylic acid groups (broad SMARTS) is 1. The first kappa shape index (κ1) is 21.7. The molecular formula is C18H25ClN2O5S. The summed E-state index contributed by atoms with van der Waals surface area (Å²) in [7, 11) is -3.63. The van der Waals surface area contributed by atoms with Crippen LogP contribution < -0.4 is 5.32 Å². The molecule has 0 saturated carbocycles. The normalized spacial score (nSPS) is 18.6. The van der Waals surface area contributed by atoms with Crippen LogP contribution in [0.2, 0.25) is 5.02 Å². The molecule has 1 amide bonds. The summed E-state index contributed by atoms with van der Waals surface area (Å²) in [5.74, 6) is -1.96. The Kier molecular flexibility index (Phi) is 7.25. The molecule has 1 aromatic carbocycles. The van der Waals surface area contributed by atoms with Crippen molar-refractivity contribution < 1.29 is 23.1 Å². The van der Waals surface area contributed by atoms with Crippen molar-refractivity contribution in [3.05, 3.63) is 29.3 Å². The quantitative estimate of drug-likeness (QED) is 0.710. The Morgan fingerprint density at radius 2 is 1.81 bits per heavy atom. The highest BCUT2D eigenvalue weighted by Crippen LogP contribution is 2.25. The number of amides is 1. The lowest BCUT2D eigenvalue weighted by Crippen LogP contribution is -2.49. The Bertz CT molecular complexity index is 773. The van der Waals surface area contributed by atoms with Gasteiger partial charge in [-0.15, -0.1) is 0 Å². The maximum Gasteiger partial charge on any atom is 0.326 e. The second-order valence-electron chi connectivity index (χ2n) is 6.84. The Labute approximate surface area is 164 Å². The third-order valence-electron chi connectivity index (χ3n) is 5.05. The van der Waals surface area contributed by atoms with Crippen molar-refractivity contribution in [3.63, 3.8) is 0 Å². The van der Waals surface area contributed by atoms with Crippen molar-refractivity contribution in [3.8, 4) is 0 Å². The fourth-order valence-electron chi connectivity index (χ4n) is 3.07. The molecular weight excluding hydrogens is 392 g/mol. The fraction of sp³-hybridized carbons (Fsp3) is 0.556. The summed E-state index contributed by atoms with van der Waals surface area (Å²) in [6, 6.07) is 5.03. The van der Waals surface area contributed by atoms with Crippen LogP contribution >= 0.6 is 11.6 Å². The minimum Gasteiger partial charge on any atom is -0.480 e. The molecule has 1 aliphatic rings. The van der Waals surface area contributed by atoms with Gasteiger partial charge in [0, 0.05) is 24.0 Å². The first-order valence-electron chi connectivity index (χ1n) is 8.95. The molecule has 0 radical (unpaired) electrons. The van der Waals surface area contributed by atoms with Crippen molar-refractivity contribution in [2.24, 2.45) is 11.8 Å². The molecule has 1 fully saturated rings. The van der Waals surface area contributed by atoms with E-state index in [0.717, 1.165) is 0 Å². The third kappa shape index (κ3) is 5.21. The molecule has 9 heteroatoms. The summed E-state index contributed by atoms with van der Waals surface area (Å²) >= 11 is 5.80. The van der Waals surface area contributed by atoms with Crippen LogP contribution in [0.1, 0.15) is 33.1 Å². The van der Waals surface area contributed by atoms with Gasteiger partial charge in [0.2, 0.25) is 15.9 Å². The van der Waals surface area contributed by atoms with Crippen molar-refractivity contribution in [1.82, 2.24) is 9.62 Å². The number of carboxylic acids is 1. The summed E-state index contributed by atoms with van der Waals surface area (Å²) in [6.07, 6.45) is 1.34. The number of rotatable bonds is 7. The zero-order valence-corrected chi connectivity index (χ0v) is 17.0. The van der Waals surface area contributed by atoms with Gasteiger partial charge < -0.3 is 10.4 Å². The van der Waals surface area contributed by atoms with Gasteiger partial charge in [-0.25, -0.2) is 13.2 Å². The molecule has 27 heavy (non-hydrogen) atoms. The maximum absolute atomic E-state index is 12.7. The minimum absolute atomic E-state index is 0.164. The molecule has 0 unspecified atom stereocenters. The van der Waals surface area contributed by atoms with Crippen LogP contribution in [0, 0.1) is 11.8 Å². The van der Waals surface area contributed by atoms with E-state index in [-0.39, 0.29) is 29.8 Å². The summed E-state index contributed by atoms with van der Waals surface area (Å²) in [5, 5.41) is 12.4. The number of piperidine rings is 1. The van der Waals surface area contributed by atoms with Crippen molar-refractivity contribution in [2.75, 3.05) is 13.1 Å². The number of carbonyl (C=O) groups excluding carboxylic acids is 1. The third-order valence-corrected chi connectivity index (χ3v) is 7.22. The number of carbonyl (C=O) groups is 2. The Morgan fingerprint density at radius 3 is 2.30 bits per heavy atom. The highest BCUT2D eigenvalue weighted by molar-refractivity contribution is 7.89. The van der Waals surface area contributed by atoms with E-state index in [9.17, 15) is 23.1 Å². The number of nitrogens with zero attached hydrogens (tertiary/aromatic N) is 1. The molecule has 150 valence electrons. The van der Waals surface area contributed by atoms with Gasteiger partial charge in [-0.1, -0.05) is 31.9 Å². The molecule has 7 nitrogen and oxygen atoms in total. The van der Waals surface area contributed by atoms with Gasteiger partial charge in [0.25, 0.3) is 0 Å². The van der Waals surface area contributed by atoms with E-state index in [0.29, 0.717) is 24.3 Å². The lowest BCUT2D eigenvalue weighted by Gasteiger charge is -2.31. The smallest absolute Gasteiger partial charge is 0.326 e. The van der Waals surface area contributed by atoms with Gasteiger partial charge in [0.1, 0.15) is 6.04 Å². The monoisotopic (exact) mass is 416 g/mol. The SMILES string of the molecule is CC[C@H](C)[C@H](NC(=O)C1CCN(S(=O)(=O)c2ccc(Cl)cc2)CC1)C(=O)O. The molecule has 1 heterocycles. The highest BCUT2D eigenvalue weighted by Gasteiger charge is 2.34. The summed E-state index contributed by atoms with van der Waals surface area (Å²) in [6.45, 7) is 4.07. The molecule has 2 atom stereocenters. The van der Waals surface area contributed by atoms with Gasteiger partial charge in [0.05, 0.1) is 4.90 Å². The largest absolute Gasteiger partial charge is 0.480 e. The molecule has 0 spiro atoms. The first-order valence-corrected chi connectivity index (χ1v) is 10.8. The molecule has 2 rings (SSSR count). The molecule has 0 aliphatic carbocycles. The number of aliphatic carboxylic acids is 1. The van der Waals surface area contributed by atoms with Crippen molar-refractivity contribution in [1.29, 1.82) is 0 Å². The minimum atomic E-state index is -3.63. The number of sulfonamides is 1. The number of halogens is 1. The predicted molar refractivity (Wildman–Crippen MR) is 102 cm³/mol. The van der Waals surface area contributed by atoms with Crippen LogP contribution in [0.3, 0.4) is 0 Å². The van der Waals surface area contributed by atoms with Gasteiger partial charge in [-0.3, -0.25) is 4.79 Å². The van der Waals surface area contributed by atoms with Crippen molar-refractivity contribution >= 4 is 33.5 Å². The zero-order chi connectivity index (χ0) is 20.2. The van der Waals surface area contributed by atoms with Crippen LogP contribution in [0.5, 0.6) is 0 Å². The molecule has 1 saturated heterocycles. The van der Waals surface area contributed by atoms with E-state index in [1.54, 1.807) is 6.92 Å². The molecule has 2 N–H and O–H groups in total. The summed E-state index contributed by atoms with van der Waals surface area (Å²) in [4.78, 5) is 24.0. The van der Waals surface area contributed by atoms with Gasteiger partial charge in [0.15, 0.2) is 0 Å². The topological polar surface area (TPSA) is 104 Å².